The molecule has 2 aliphatic heterocycles. The maximum absolute atomic E-state index is 11.0. The van der Waals surface area contributed by atoms with Gasteiger partial charge in [-0.3, -0.25) is 4.79 Å². The van der Waals surface area contributed by atoms with Crippen molar-refractivity contribution in [2.24, 2.45) is 11.8 Å². The normalized spacial score (nSPS) is 39.0. The van der Waals surface area contributed by atoms with Crippen LogP contribution >= 0.6 is 0 Å². The molecular formula is C7H11NO2. The van der Waals surface area contributed by atoms with E-state index >= 15 is 0 Å². The van der Waals surface area contributed by atoms with Gasteiger partial charge in [0.1, 0.15) is 0 Å². The standard InChI is InChI=1S/C7H11NO2/c9-7-6-1-2-8-3-5(6)4-10-7/h5-6,8H,1-4H2. The lowest BCUT2D eigenvalue weighted by molar-refractivity contribution is -0.141. The first-order valence-corrected chi connectivity index (χ1v) is 3.75. The lowest BCUT2D eigenvalue weighted by Crippen LogP contribution is -2.36. The van der Waals surface area contributed by atoms with Crippen molar-refractivity contribution in [1.29, 1.82) is 0 Å². The van der Waals surface area contributed by atoms with Crippen LogP contribution in [0.4, 0.5) is 0 Å². The van der Waals surface area contributed by atoms with Gasteiger partial charge in [0.2, 0.25) is 0 Å². The zero-order valence-electron chi connectivity index (χ0n) is 5.80. The summed E-state index contributed by atoms with van der Waals surface area (Å²) in [5.74, 6) is 0.689. The highest BCUT2D eigenvalue weighted by Crippen LogP contribution is 2.26. The molecule has 2 atom stereocenters. The number of carbonyl (C=O) groups excluding carboxylic acids is 1. The lowest BCUT2D eigenvalue weighted by Gasteiger charge is -2.21. The number of nitrogens with one attached hydrogen (secondary N) is 1. The second-order valence-corrected chi connectivity index (χ2v) is 2.99. The average molecular weight is 141 g/mol. The van der Waals surface area contributed by atoms with Crippen LogP contribution in [0, 0.1) is 11.8 Å². The summed E-state index contributed by atoms with van der Waals surface area (Å²) in [6, 6.07) is 0. The van der Waals surface area contributed by atoms with Crippen molar-refractivity contribution in [1.82, 2.24) is 5.32 Å². The van der Waals surface area contributed by atoms with E-state index in [2.05, 4.69) is 5.32 Å². The van der Waals surface area contributed by atoms with Crippen molar-refractivity contribution < 1.29 is 9.53 Å². The zero-order chi connectivity index (χ0) is 6.97. The largest absolute Gasteiger partial charge is 0.465 e. The Morgan fingerprint density at radius 1 is 1.60 bits per heavy atom. The molecule has 2 rings (SSSR count). The van der Waals surface area contributed by atoms with Gasteiger partial charge < -0.3 is 10.1 Å². The fraction of sp³-hybridized carbons (Fsp3) is 0.857. The number of esters is 1. The molecule has 0 spiro atoms. The Balaban J connectivity index is 2.08. The maximum Gasteiger partial charge on any atom is 0.309 e. The van der Waals surface area contributed by atoms with E-state index < -0.39 is 0 Å². The molecular weight excluding hydrogens is 130 g/mol. The van der Waals surface area contributed by atoms with E-state index in [9.17, 15) is 4.79 Å². The topological polar surface area (TPSA) is 38.3 Å². The Morgan fingerprint density at radius 2 is 2.50 bits per heavy atom. The summed E-state index contributed by atoms with van der Waals surface area (Å²) in [4.78, 5) is 11.0. The summed E-state index contributed by atoms with van der Waals surface area (Å²) < 4.78 is 4.92. The Kier molecular flexibility index (Phi) is 1.38. The first-order valence-electron chi connectivity index (χ1n) is 3.75. The molecule has 3 heteroatoms. The van der Waals surface area contributed by atoms with Gasteiger partial charge >= 0.3 is 5.97 Å². The van der Waals surface area contributed by atoms with Gasteiger partial charge in [0.15, 0.2) is 0 Å². The molecule has 3 nitrogen and oxygen atoms in total. The molecule has 0 saturated carbocycles. The molecule has 0 radical (unpaired) electrons. The van der Waals surface area contributed by atoms with Crippen molar-refractivity contribution in [3.8, 4) is 0 Å². The number of hydrogen-bond donors (Lipinski definition) is 1. The van der Waals surface area contributed by atoms with Crippen molar-refractivity contribution in [2.75, 3.05) is 19.7 Å². The third kappa shape index (κ3) is 0.814. The van der Waals surface area contributed by atoms with Crippen LogP contribution in [0.3, 0.4) is 0 Å². The fourth-order valence-electron chi connectivity index (χ4n) is 1.70. The minimum atomic E-state index is 0.0199. The molecule has 0 aliphatic carbocycles. The fourth-order valence-corrected chi connectivity index (χ4v) is 1.70. The molecule has 0 aromatic heterocycles. The van der Waals surface area contributed by atoms with Crippen LogP contribution < -0.4 is 5.32 Å². The summed E-state index contributed by atoms with van der Waals surface area (Å²) in [6.07, 6.45) is 0.962. The second-order valence-electron chi connectivity index (χ2n) is 2.99. The molecule has 0 aromatic carbocycles. The van der Waals surface area contributed by atoms with Gasteiger partial charge in [-0.15, -0.1) is 0 Å². The van der Waals surface area contributed by atoms with Crippen LogP contribution in [0.1, 0.15) is 6.42 Å². The molecule has 2 saturated heterocycles. The quantitative estimate of drug-likeness (QED) is 0.473. The smallest absolute Gasteiger partial charge is 0.309 e. The first kappa shape index (κ1) is 6.16. The predicted octanol–water partition coefficient (Wildman–Crippen LogP) is -0.231. The van der Waals surface area contributed by atoms with E-state index in [1.54, 1.807) is 0 Å². The Hall–Kier alpha value is -0.570. The van der Waals surface area contributed by atoms with Gasteiger partial charge in [-0.1, -0.05) is 0 Å². The van der Waals surface area contributed by atoms with Gasteiger partial charge in [-0.05, 0) is 13.0 Å². The highest BCUT2D eigenvalue weighted by Gasteiger charge is 2.37. The molecule has 0 aromatic rings. The molecule has 0 bridgehead atoms. The summed E-state index contributed by atoms with van der Waals surface area (Å²) >= 11 is 0. The Morgan fingerprint density at radius 3 is 3.30 bits per heavy atom. The summed E-state index contributed by atoms with van der Waals surface area (Å²) in [7, 11) is 0. The first-order chi connectivity index (χ1) is 4.88. The van der Waals surface area contributed by atoms with Crippen LogP contribution in [0.5, 0.6) is 0 Å². The number of ether oxygens (including phenoxy) is 1. The predicted molar refractivity (Wildman–Crippen MR) is 35.4 cm³/mol. The Bertz CT molecular complexity index is 158. The number of cyclic esters (lactones) is 1. The van der Waals surface area contributed by atoms with E-state index in [-0.39, 0.29) is 11.9 Å². The molecule has 10 heavy (non-hydrogen) atoms. The van der Waals surface area contributed by atoms with Crippen molar-refractivity contribution in [3.63, 3.8) is 0 Å². The van der Waals surface area contributed by atoms with Gasteiger partial charge in [0.25, 0.3) is 0 Å². The third-order valence-electron chi connectivity index (χ3n) is 2.35. The number of fused-ring (bicyclic) bond motifs is 1. The molecule has 2 heterocycles. The van der Waals surface area contributed by atoms with Crippen molar-refractivity contribution >= 4 is 5.97 Å². The average Bonchev–Trinajstić information content (AvgIpc) is 2.34. The number of rotatable bonds is 0. The minimum absolute atomic E-state index is 0.0199. The van der Waals surface area contributed by atoms with E-state index in [4.69, 9.17) is 4.74 Å². The SMILES string of the molecule is O=C1OCC2CNCCC12. The van der Waals surface area contributed by atoms with E-state index in [0.29, 0.717) is 12.5 Å². The van der Waals surface area contributed by atoms with Crippen molar-refractivity contribution in [2.45, 2.75) is 6.42 Å². The molecule has 56 valence electrons. The van der Waals surface area contributed by atoms with Gasteiger partial charge in [0, 0.05) is 12.5 Å². The summed E-state index contributed by atoms with van der Waals surface area (Å²) in [6.45, 7) is 2.56. The van der Waals surface area contributed by atoms with Crippen LogP contribution in [0.15, 0.2) is 0 Å². The van der Waals surface area contributed by atoms with Gasteiger partial charge in [-0.25, -0.2) is 0 Å². The van der Waals surface area contributed by atoms with Crippen LogP contribution in [0.2, 0.25) is 0 Å². The molecule has 2 unspecified atom stereocenters. The van der Waals surface area contributed by atoms with Gasteiger partial charge in [-0.2, -0.15) is 0 Å². The van der Waals surface area contributed by atoms with Crippen LogP contribution in [-0.2, 0) is 9.53 Å². The number of piperidine rings is 1. The maximum atomic E-state index is 11.0. The van der Waals surface area contributed by atoms with E-state index in [0.717, 1.165) is 19.5 Å². The van der Waals surface area contributed by atoms with E-state index in [1.807, 2.05) is 0 Å². The summed E-state index contributed by atoms with van der Waals surface area (Å²) in [5.41, 5.74) is 0. The highest BCUT2D eigenvalue weighted by atomic mass is 16.5. The molecule has 1 N–H and O–H groups in total. The third-order valence-corrected chi connectivity index (χ3v) is 2.35. The second kappa shape index (κ2) is 2.23. The van der Waals surface area contributed by atoms with Crippen LogP contribution in [0.25, 0.3) is 0 Å². The summed E-state index contributed by atoms with van der Waals surface area (Å²) in [5, 5.41) is 3.24. The van der Waals surface area contributed by atoms with Gasteiger partial charge in [0.05, 0.1) is 12.5 Å². The van der Waals surface area contributed by atoms with Crippen molar-refractivity contribution in [3.05, 3.63) is 0 Å². The number of hydrogen-bond acceptors (Lipinski definition) is 3. The highest BCUT2D eigenvalue weighted by molar-refractivity contribution is 5.74. The zero-order valence-corrected chi connectivity index (χ0v) is 5.80. The van der Waals surface area contributed by atoms with Crippen LogP contribution in [-0.4, -0.2) is 25.7 Å². The Labute approximate surface area is 59.7 Å². The monoisotopic (exact) mass is 141 g/mol. The van der Waals surface area contributed by atoms with E-state index in [1.165, 1.54) is 0 Å². The minimum Gasteiger partial charge on any atom is -0.465 e. The lowest BCUT2D eigenvalue weighted by atomic mass is 9.89. The molecule has 0 amide bonds. The molecule has 2 aliphatic rings. The number of carbonyl (C=O) groups is 1. The molecule has 2 fully saturated rings.